The molecule has 0 saturated heterocycles. The lowest BCUT2D eigenvalue weighted by Gasteiger charge is -2.09. The summed E-state index contributed by atoms with van der Waals surface area (Å²) in [7, 11) is -0.497. The largest absolute Gasteiger partial charge is 0.447 e. The van der Waals surface area contributed by atoms with E-state index in [4.69, 9.17) is 4.42 Å². The second kappa shape index (κ2) is 7.33. The van der Waals surface area contributed by atoms with E-state index in [2.05, 4.69) is 18.5 Å². The van der Waals surface area contributed by atoms with Crippen LogP contribution in [0.2, 0.25) is 0 Å². The molecule has 1 N–H and O–H groups in total. The van der Waals surface area contributed by atoms with Crippen LogP contribution in [0, 0.1) is 0 Å². The lowest BCUT2D eigenvalue weighted by atomic mass is 10.3. The highest BCUT2D eigenvalue weighted by Gasteiger charge is 2.21. The van der Waals surface area contributed by atoms with Crippen LogP contribution in [-0.4, -0.2) is 44.9 Å². The summed E-state index contributed by atoms with van der Waals surface area (Å²) in [6, 6.07) is 3.19. The van der Waals surface area contributed by atoms with Crippen molar-refractivity contribution in [3.05, 3.63) is 17.9 Å². The van der Waals surface area contributed by atoms with Crippen molar-refractivity contribution >= 4 is 21.8 Å². The number of rotatable bonds is 8. The SMILES string of the molecule is CSC(C)CCNCc1ccc(S(=O)(=O)N(C)C)o1. The number of sulfonamides is 1. The number of thioether (sulfide) groups is 1. The van der Waals surface area contributed by atoms with Gasteiger partial charge in [0.05, 0.1) is 6.54 Å². The number of nitrogens with one attached hydrogen (secondary N) is 1. The Hall–Kier alpha value is -0.500. The highest BCUT2D eigenvalue weighted by atomic mass is 32.2. The van der Waals surface area contributed by atoms with Crippen LogP contribution in [0.1, 0.15) is 19.1 Å². The number of nitrogens with zero attached hydrogens (tertiary/aromatic N) is 1. The molecule has 0 aliphatic carbocycles. The maximum Gasteiger partial charge on any atom is 0.275 e. The first-order valence-corrected chi connectivity index (χ1v) is 8.85. The van der Waals surface area contributed by atoms with Crippen LogP contribution < -0.4 is 5.32 Å². The van der Waals surface area contributed by atoms with Gasteiger partial charge in [-0.1, -0.05) is 6.92 Å². The van der Waals surface area contributed by atoms with Gasteiger partial charge in [-0.2, -0.15) is 11.8 Å². The molecule has 0 spiro atoms. The fourth-order valence-electron chi connectivity index (χ4n) is 1.41. The minimum atomic E-state index is -3.47. The molecule has 7 heteroatoms. The third kappa shape index (κ3) is 4.83. The van der Waals surface area contributed by atoms with Crippen molar-refractivity contribution in [1.29, 1.82) is 0 Å². The second-order valence-electron chi connectivity index (χ2n) is 4.52. The first-order chi connectivity index (χ1) is 8.87. The lowest BCUT2D eigenvalue weighted by Crippen LogP contribution is -2.21. The first-order valence-electron chi connectivity index (χ1n) is 6.12. The summed E-state index contributed by atoms with van der Waals surface area (Å²) < 4.78 is 30.1. The van der Waals surface area contributed by atoms with Crippen molar-refractivity contribution in [1.82, 2.24) is 9.62 Å². The fourth-order valence-corrected chi connectivity index (χ4v) is 2.57. The van der Waals surface area contributed by atoms with E-state index in [-0.39, 0.29) is 5.09 Å². The summed E-state index contributed by atoms with van der Waals surface area (Å²) in [6.45, 7) is 3.61. The number of furan rings is 1. The smallest absolute Gasteiger partial charge is 0.275 e. The fraction of sp³-hybridized carbons (Fsp3) is 0.667. The third-order valence-corrected chi connectivity index (χ3v) is 5.53. The van der Waals surface area contributed by atoms with Gasteiger partial charge in [0.1, 0.15) is 5.76 Å². The summed E-state index contributed by atoms with van der Waals surface area (Å²) in [5.41, 5.74) is 0. The predicted octanol–water partition coefficient (Wildman–Crippen LogP) is 1.76. The van der Waals surface area contributed by atoms with Gasteiger partial charge in [-0.3, -0.25) is 0 Å². The van der Waals surface area contributed by atoms with Crippen LogP contribution in [0.25, 0.3) is 0 Å². The summed E-state index contributed by atoms with van der Waals surface area (Å²) >= 11 is 1.83. The van der Waals surface area contributed by atoms with Crippen molar-refractivity contribution < 1.29 is 12.8 Å². The number of hydrogen-bond acceptors (Lipinski definition) is 5. The normalized spacial score (nSPS) is 13.9. The van der Waals surface area contributed by atoms with Gasteiger partial charge < -0.3 is 9.73 Å². The summed E-state index contributed by atoms with van der Waals surface area (Å²) in [5.74, 6) is 0.636. The second-order valence-corrected chi connectivity index (χ2v) is 7.88. The van der Waals surface area contributed by atoms with E-state index >= 15 is 0 Å². The van der Waals surface area contributed by atoms with Gasteiger partial charge in [0.2, 0.25) is 5.09 Å². The highest BCUT2D eigenvalue weighted by Crippen LogP contribution is 2.16. The van der Waals surface area contributed by atoms with Crippen LogP contribution in [-0.2, 0) is 16.6 Å². The standard InChI is InChI=1S/C12H22N2O3S2/c1-10(18-4)7-8-13-9-11-5-6-12(17-11)19(15,16)14(2)3/h5-6,10,13H,7-9H2,1-4H3. The minimum Gasteiger partial charge on any atom is -0.447 e. The van der Waals surface area contributed by atoms with E-state index in [9.17, 15) is 8.42 Å². The Morgan fingerprint density at radius 2 is 2.11 bits per heavy atom. The van der Waals surface area contributed by atoms with Crippen molar-refractivity contribution in [2.45, 2.75) is 30.2 Å². The molecule has 1 rings (SSSR count). The topological polar surface area (TPSA) is 62.6 Å². The molecule has 1 aromatic rings. The zero-order chi connectivity index (χ0) is 14.5. The molecule has 0 fully saturated rings. The van der Waals surface area contributed by atoms with Crippen LogP contribution in [0.4, 0.5) is 0 Å². The van der Waals surface area contributed by atoms with Gasteiger partial charge in [-0.15, -0.1) is 0 Å². The Balaban J connectivity index is 2.48. The van der Waals surface area contributed by atoms with Crippen molar-refractivity contribution in [2.75, 3.05) is 26.9 Å². The summed E-state index contributed by atoms with van der Waals surface area (Å²) in [5, 5.41) is 3.86. The van der Waals surface area contributed by atoms with Crippen LogP contribution in [0.15, 0.2) is 21.6 Å². The van der Waals surface area contributed by atoms with E-state index in [0.717, 1.165) is 17.3 Å². The molecular formula is C12H22N2O3S2. The Morgan fingerprint density at radius 3 is 2.68 bits per heavy atom. The molecule has 1 atom stereocenters. The summed E-state index contributed by atoms with van der Waals surface area (Å²) in [6.07, 6.45) is 3.17. The summed E-state index contributed by atoms with van der Waals surface area (Å²) in [4.78, 5) is 0. The molecular weight excluding hydrogens is 284 g/mol. The van der Waals surface area contributed by atoms with Crippen molar-refractivity contribution in [3.63, 3.8) is 0 Å². The van der Waals surface area contributed by atoms with E-state index in [1.54, 1.807) is 6.07 Å². The monoisotopic (exact) mass is 306 g/mol. The van der Waals surface area contributed by atoms with E-state index in [1.807, 2.05) is 11.8 Å². The molecule has 0 aromatic carbocycles. The first kappa shape index (κ1) is 16.6. The third-order valence-electron chi connectivity index (χ3n) is 2.80. The molecule has 1 unspecified atom stereocenters. The molecule has 0 radical (unpaired) electrons. The zero-order valence-corrected chi connectivity index (χ0v) is 13.5. The van der Waals surface area contributed by atoms with Gasteiger partial charge in [0.15, 0.2) is 0 Å². The number of hydrogen-bond donors (Lipinski definition) is 1. The Morgan fingerprint density at radius 1 is 1.42 bits per heavy atom. The maximum absolute atomic E-state index is 11.8. The predicted molar refractivity (Wildman–Crippen MR) is 78.9 cm³/mol. The van der Waals surface area contributed by atoms with Crippen molar-refractivity contribution in [3.8, 4) is 0 Å². The quantitative estimate of drug-likeness (QED) is 0.742. The Kier molecular flexibility index (Phi) is 6.38. The molecule has 0 bridgehead atoms. The Bertz CT molecular complexity index is 483. The van der Waals surface area contributed by atoms with Crippen LogP contribution in [0.5, 0.6) is 0 Å². The molecule has 110 valence electrons. The average Bonchev–Trinajstić information content (AvgIpc) is 2.83. The lowest BCUT2D eigenvalue weighted by molar-refractivity contribution is 0.389. The molecule has 1 heterocycles. The molecule has 1 aromatic heterocycles. The van der Waals surface area contributed by atoms with Gasteiger partial charge in [-0.05, 0) is 31.4 Å². The Labute approximate surface area is 119 Å². The van der Waals surface area contributed by atoms with Crippen LogP contribution >= 0.6 is 11.8 Å². The minimum absolute atomic E-state index is 0.00761. The molecule has 19 heavy (non-hydrogen) atoms. The van der Waals surface area contributed by atoms with Gasteiger partial charge in [-0.25, -0.2) is 12.7 Å². The van der Waals surface area contributed by atoms with E-state index in [1.165, 1.54) is 20.2 Å². The van der Waals surface area contributed by atoms with Gasteiger partial charge in [0, 0.05) is 19.3 Å². The molecule has 0 amide bonds. The highest BCUT2D eigenvalue weighted by molar-refractivity contribution is 7.99. The zero-order valence-electron chi connectivity index (χ0n) is 11.8. The molecule has 5 nitrogen and oxygen atoms in total. The van der Waals surface area contributed by atoms with E-state index < -0.39 is 10.0 Å². The molecule has 0 aliphatic heterocycles. The van der Waals surface area contributed by atoms with Gasteiger partial charge >= 0.3 is 0 Å². The molecule has 0 saturated carbocycles. The van der Waals surface area contributed by atoms with Crippen LogP contribution in [0.3, 0.4) is 0 Å². The van der Waals surface area contributed by atoms with E-state index in [0.29, 0.717) is 17.6 Å². The average molecular weight is 306 g/mol. The van der Waals surface area contributed by atoms with Gasteiger partial charge in [0.25, 0.3) is 10.0 Å². The maximum atomic E-state index is 11.8. The molecule has 0 aliphatic rings. The van der Waals surface area contributed by atoms with Crippen molar-refractivity contribution in [2.24, 2.45) is 0 Å².